The third-order valence-electron chi connectivity index (χ3n) is 31.1. The minimum absolute atomic E-state index is 0.280. The van der Waals surface area contributed by atoms with Crippen LogP contribution in [-0.2, 0) is 145 Å². The molecule has 13 saturated carbocycles. The highest BCUT2D eigenvalue weighted by atomic mass is 32.2. The minimum atomic E-state index is -6.07. The quantitative estimate of drug-likeness (QED) is 0.0279. The number of ether oxygens (including phenoxy) is 12. The fraction of sp³-hybridized carbons (Fsp3) is 0.857. The smallest absolute Gasteiger partial charge is 0.369 e. The van der Waals surface area contributed by atoms with Crippen LogP contribution in [0.25, 0.3) is 0 Å². The summed E-state index contributed by atoms with van der Waals surface area (Å²) in [5, 5.41) is -14.5. The molecule has 24 unspecified atom stereocenters. The summed E-state index contributed by atoms with van der Waals surface area (Å²) in [5.74, 6) is -14.3. The van der Waals surface area contributed by atoms with Gasteiger partial charge in [0.1, 0.15) is 53.4 Å². The van der Waals surface area contributed by atoms with E-state index in [0.717, 1.165) is 161 Å². The molecule has 0 N–H and O–H groups in total. The van der Waals surface area contributed by atoms with Crippen LogP contribution >= 0.6 is 0 Å². The Morgan fingerprint density at radius 2 is 0.635 bits per heavy atom. The zero-order valence-electron chi connectivity index (χ0n) is 70.1. The third kappa shape index (κ3) is 18.4. The maximum atomic E-state index is 13.9. The molecule has 0 amide bonds. The highest BCUT2D eigenvalue weighted by Crippen LogP contribution is 2.64. The van der Waals surface area contributed by atoms with Crippen LogP contribution in [-0.4, -0.2) is 198 Å². The second-order valence-corrected chi connectivity index (χ2v) is 42.5. The molecule has 3 aliphatic heterocycles. The number of rotatable bonds is 30. The lowest BCUT2D eigenvalue weighted by molar-refractivity contribution is -0.187. The molecule has 16 rings (SSSR count). The fourth-order valence-electron chi connectivity index (χ4n) is 25.2. The van der Waals surface area contributed by atoms with Gasteiger partial charge in [-0.25, -0.2) is 25.3 Å². The van der Waals surface area contributed by atoms with E-state index in [1.807, 2.05) is 0 Å². The second kappa shape index (κ2) is 36.6. The summed E-state index contributed by atoms with van der Waals surface area (Å²) in [7, 11) is -18.2. The molecule has 24 atom stereocenters. The first-order valence-corrected chi connectivity index (χ1v) is 48.9. The van der Waals surface area contributed by atoms with Crippen molar-refractivity contribution >= 4 is 102 Å². The number of halogens is 6. The van der Waals surface area contributed by atoms with Crippen LogP contribution in [0.15, 0.2) is 0 Å². The topological polar surface area (TPSA) is 487 Å². The maximum absolute atomic E-state index is 13.9. The highest BCUT2D eigenvalue weighted by molar-refractivity contribution is 7.87. The number of esters is 12. The molecule has 0 aromatic heterocycles. The van der Waals surface area contributed by atoms with Crippen LogP contribution in [0.5, 0.6) is 0 Å². The van der Waals surface area contributed by atoms with Crippen molar-refractivity contribution in [3.8, 4) is 0 Å². The number of hydrogen-bond acceptors (Lipinski definition) is 33. The molecule has 16 aliphatic rings. The molecule has 3 saturated heterocycles. The molecule has 16 fully saturated rings. The molecule has 0 spiro atoms. The number of carbonyl (C=O) groups excluding carboxylic acids is 12. The lowest BCUT2D eigenvalue weighted by atomic mass is 9.69. The zero-order chi connectivity index (χ0) is 91.1. The minimum Gasteiger partial charge on any atom is -0.743 e. The van der Waals surface area contributed by atoms with Gasteiger partial charge in [-0.2, -0.15) is 26.3 Å². The monoisotopic (exact) mass is 1860 g/mol. The van der Waals surface area contributed by atoms with Gasteiger partial charge in [0.25, 0.3) is 0 Å². The lowest BCUT2D eigenvalue weighted by Gasteiger charge is -2.46. The first kappa shape index (κ1) is 95.0. The number of alkyl halides is 6. The Balaban J connectivity index is 0.000000153. The van der Waals surface area contributed by atoms with Crippen molar-refractivity contribution < 1.29 is 180 Å². The van der Waals surface area contributed by atoms with Crippen molar-refractivity contribution in [3.63, 3.8) is 0 Å². The normalized spacial score (nSPS) is 34.9. The van der Waals surface area contributed by atoms with Gasteiger partial charge in [-0.1, -0.05) is 57.8 Å². The van der Waals surface area contributed by atoms with Crippen LogP contribution < -0.4 is 0 Å². The SMILES string of the molecule is CC(OC(=O)CCC(=O)OC1C2CC3C1OC(=O)C3C2C(=O)OC1(C2CC3CCC2C3)CCCCC1)C(F)(F)S(=O)(=O)[O-].CC(OC(=O)CCC(=O)OC1C2CC3C1OC(=O)C3C2C(=O)OC1(C2CCCC2)CCCCC1)C(F)(F)S(=O)(=O)[O-].CC(OC(=O)CCC(=O)OC1C2CC3C1OC(=O)C3C2C(=O)OC1(C2CCCCC2)CCCCC1)C(F)(F)S(=O)(=O)[O-]. The highest BCUT2D eigenvalue weighted by Gasteiger charge is 2.74. The van der Waals surface area contributed by atoms with Gasteiger partial charge >= 0.3 is 87.4 Å². The summed E-state index contributed by atoms with van der Waals surface area (Å²) in [6, 6.07) is 0. The van der Waals surface area contributed by atoms with Crippen molar-refractivity contribution in [1.29, 1.82) is 0 Å². The van der Waals surface area contributed by atoms with Gasteiger partial charge in [0.15, 0.2) is 48.7 Å². The van der Waals surface area contributed by atoms with Crippen molar-refractivity contribution in [2.24, 2.45) is 101 Å². The standard InChI is InChI=1S/C29H38F2O11S.C28H38F2O11S.C27H36F2O11S/c1-14(29(30,31)43(36,37)38)39-20(32)7-8-21(33)40-24-18-13-17-22(26(34)41-25(17)24)23(18)27(35)42-28(9-3-2-4-10-28)19-12-15-5-6-16(19)11-15;1-15(28(29,30)42(35,36)37)38-19(31)10-11-20(32)39-23-18-14-17-21(25(33)40-24(17)23)22(18)26(34)41-27(12-6-3-7-13-27)16-8-4-2-5-9-16;1-14(27(28,29)41(34,35)36)37-18(30)9-10-19(31)38-22-17-13-16-20(24(32)39-23(16)22)21(17)25(33)40-26(11-5-2-6-12-26)15-7-3-4-8-15/h14-19,22-25H,2-13H2,1H3,(H,36,37,38);15-18,21-24H,2-14H2,1H3,(H,35,36,37);14-17,20-23H,2-13H2,1H3,(H,34,35,36)/p-3. The second-order valence-electron chi connectivity index (χ2n) is 38.1. The van der Waals surface area contributed by atoms with Crippen LogP contribution in [0.1, 0.15) is 258 Å². The summed E-state index contributed by atoms with van der Waals surface area (Å²) in [5.41, 5.74) is -1.63. The van der Waals surface area contributed by atoms with Gasteiger partial charge in [-0.15, -0.1) is 0 Å². The average molecular weight is 1860 g/mol. The third-order valence-corrected chi connectivity index (χ3v) is 34.1. The van der Waals surface area contributed by atoms with E-state index in [-0.39, 0.29) is 23.7 Å². The van der Waals surface area contributed by atoms with Crippen molar-refractivity contribution in [2.45, 2.75) is 346 Å². The van der Waals surface area contributed by atoms with Gasteiger partial charge in [0.05, 0.1) is 74.0 Å². The van der Waals surface area contributed by atoms with Crippen molar-refractivity contribution in [2.75, 3.05) is 0 Å². The number of fused-ring (bicyclic) bond motifs is 5. The Morgan fingerprint density at radius 1 is 0.365 bits per heavy atom. The van der Waals surface area contributed by atoms with Gasteiger partial charge in [0.2, 0.25) is 0 Å². The van der Waals surface area contributed by atoms with Crippen LogP contribution in [0.2, 0.25) is 0 Å². The van der Waals surface area contributed by atoms with Crippen LogP contribution in [0.3, 0.4) is 0 Å². The molecule has 0 aromatic rings. The molecule has 42 heteroatoms. The summed E-state index contributed by atoms with van der Waals surface area (Å²) in [4.78, 5) is 154. The average Bonchev–Trinajstić information content (AvgIpc) is 1.55. The molecule has 0 radical (unpaired) electrons. The molecular formula is C84H109F6O33S3-3. The van der Waals surface area contributed by atoms with E-state index in [2.05, 4.69) is 14.2 Å². The molecule has 0 aromatic carbocycles. The number of carbonyl (C=O) groups is 12. The van der Waals surface area contributed by atoms with Crippen LogP contribution in [0, 0.1) is 101 Å². The Labute approximate surface area is 724 Å². The molecule has 13 aliphatic carbocycles. The van der Waals surface area contributed by atoms with E-state index < -0.39 is 281 Å². The Bertz CT molecular complexity index is 4530. The Morgan fingerprint density at radius 3 is 0.913 bits per heavy atom. The summed E-state index contributed by atoms with van der Waals surface area (Å²) < 4.78 is 244. The molecule has 33 nitrogen and oxygen atoms in total. The number of hydrogen-bond donors (Lipinski definition) is 0. The van der Waals surface area contributed by atoms with Crippen LogP contribution in [0.4, 0.5) is 26.3 Å². The van der Waals surface area contributed by atoms with Gasteiger partial charge in [0, 0.05) is 41.4 Å². The zero-order valence-corrected chi connectivity index (χ0v) is 72.6. The van der Waals surface area contributed by atoms with Gasteiger partial charge < -0.3 is 70.5 Å². The van der Waals surface area contributed by atoms with E-state index >= 15 is 0 Å². The lowest BCUT2D eigenvalue weighted by Crippen LogP contribution is -2.50. The van der Waals surface area contributed by atoms with E-state index in [9.17, 15) is 123 Å². The van der Waals surface area contributed by atoms with E-state index in [1.165, 1.54) is 19.3 Å². The first-order chi connectivity index (χ1) is 59.2. The Hall–Kier alpha value is -7.05. The first-order valence-electron chi connectivity index (χ1n) is 44.7. The predicted octanol–water partition coefficient (Wildman–Crippen LogP) is 9.61. The molecule has 706 valence electrons. The predicted molar refractivity (Wildman–Crippen MR) is 407 cm³/mol. The summed E-state index contributed by atoms with van der Waals surface area (Å²) >= 11 is 0. The maximum Gasteiger partial charge on any atom is 0.369 e. The summed E-state index contributed by atoms with van der Waals surface area (Å²) in [6.07, 6.45) is 12.8. The van der Waals surface area contributed by atoms with E-state index in [0.29, 0.717) is 63.7 Å². The Kier molecular flexibility index (Phi) is 27.6. The van der Waals surface area contributed by atoms with Crippen molar-refractivity contribution in [1.82, 2.24) is 0 Å². The largest absolute Gasteiger partial charge is 0.743 e. The van der Waals surface area contributed by atoms with E-state index in [4.69, 9.17) is 42.6 Å². The molecule has 8 bridgehead atoms. The van der Waals surface area contributed by atoms with Gasteiger partial charge in [-0.3, -0.25) is 57.5 Å². The fourth-order valence-corrected chi connectivity index (χ4v) is 26.6. The molecule has 126 heavy (non-hydrogen) atoms. The van der Waals surface area contributed by atoms with Gasteiger partial charge in [-0.05, 0) is 186 Å². The summed E-state index contributed by atoms with van der Waals surface area (Å²) in [6.45, 7) is 1.66. The van der Waals surface area contributed by atoms with E-state index in [1.54, 1.807) is 0 Å². The molecular weight excluding hydrogens is 1750 g/mol. The molecule has 3 heterocycles. The van der Waals surface area contributed by atoms with Crippen molar-refractivity contribution in [3.05, 3.63) is 0 Å².